The van der Waals surface area contributed by atoms with Gasteiger partial charge in [-0.1, -0.05) is 13.8 Å². The zero-order chi connectivity index (χ0) is 21.8. The molecule has 0 radical (unpaired) electrons. The predicted molar refractivity (Wildman–Crippen MR) is 100 cm³/mol. The lowest BCUT2D eigenvalue weighted by atomic mass is 9.47. The summed E-state index contributed by atoms with van der Waals surface area (Å²) in [5, 5.41) is 9.10. The van der Waals surface area contributed by atoms with Gasteiger partial charge >= 0.3 is 18.3 Å². The van der Waals surface area contributed by atoms with Crippen molar-refractivity contribution in [3.05, 3.63) is 29.3 Å². The van der Waals surface area contributed by atoms with E-state index in [9.17, 15) is 22.8 Å². The smallest absolute Gasteiger partial charge is 0.478 e. The van der Waals surface area contributed by atoms with Crippen LogP contribution in [0.25, 0.3) is 0 Å². The van der Waals surface area contributed by atoms with Crippen LogP contribution < -0.4 is 4.74 Å². The van der Waals surface area contributed by atoms with Crippen molar-refractivity contribution in [3.8, 4) is 5.75 Å². The molecule has 0 aromatic heterocycles. The fourth-order valence-corrected chi connectivity index (χ4v) is 6.38. The molecule has 1 aromatic rings. The molecule has 0 spiro atoms. The van der Waals surface area contributed by atoms with Gasteiger partial charge in [0.1, 0.15) is 11.4 Å². The first-order chi connectivity index (χ1) is 14.0. The lowest BCUT2D eigenvalue weighted by Gasteiger charge is -2.61. The van der Waals surface area contributed by atoms with Crippen LogP contribution in [-0.2, 0) is 10.9 Å². The van der Waals surface area contributed by atoms with Gasteiger partial charge in [0.05, 0.1) is 11.1 Å². The highest BCUT2D eigenvalue weighted by molar-refractivity contribution is 5.88. The molecule has 30 heavy (non-hydrogen) atoms. The molecule has 5 rings (SSSR count). The quantitative estimate of drug-likeness (QED) is 0.489. The van der Waals surface area contributed by atoms with E-state index in [0.717, 1.165) is 31.7 Å². The largest absolute Gasteiger partial charge is 0.514 e. The van der Waals surface area contributed by atoms with Gasteiger partial charge in [-0.15, -0.1) is 0 Å². The van der Waals surface area contributed by atoms with Crippen molar-refractivity contribution in [2.75, 3.05) is 0 Å². The molecule has 4 saturated carbocycles. The fraction of sp³-hybridized carbons (Fsp3) is 0.636. The topological polar surface area (TPSA) is 72.8 Å². The Morgan fingerprint density at radius 2 is 1.63 bits per heavy atom. The van der Waals surface area contributed by atoms with Gasteiger partial charge in [-0.25, -0.2) is 9.59 Å². The molecule has 1 aromatic carbocycles. The Labute approximate surface area is 172 Å². The van der Waals surface area contributed by atoms with Gasteiger partial charge in [-0.3, -0.25) is 0 Å². The second kappa shape index (κ2) is 7.17. The highest BCUT2D eigenvalue weighted by Gasteiger charge is 2.61. The Morgan fingerprint density at radius 1 is 1.07 bits per heavy atom. The van der Waals surface area contributed by atoms with E-state index in [0.29, 0.717) is 24.0 Å². The van der Waals surface area contributed by atoms with Crippen LogP contribution in [0.15, 0.2) is 18.2 Å². The maximum Gasteiger partial charge on any atom is 0.514 e. The van der Waals surface area contributed by atoms with Crippen LogP contribution in [0.5, 0.6) is 5.75 Å². The number of aromatic carboxylic acids is 1. The fourth-order valence-electron chi connectivity index (χ4n) is 6.38. The summed E-state index contributed by atoms with van der Waals surface area (Å²) in [4.78, 5) is 23.9. The van der Waals surface area contributed by atoms with Crippen molar-refractivity contribution in [1.29, 1.82) is 0 Å². The van der Waals surface area contributed by atoms with Crippen molar-refractivity contribution in [3.63, 3.8) is 0 Å². The molecule has 5 nitrogen and oxygen atoms in total. The van der Waals surface area contributed by atoms with Crippen LogP contribution in [0.3, 0.4) is 0 Å². The van der Waals surface area contributed by atoms with Crippen LogP contribution in [0.1, 0.15) is 61.9 Å². The van der Waals surface area contributed by atoms with Crippen LogP contribution in [0, 0.1) is 29.6 Å². The molecule has 4 aliphatic rings. The zero-order valence-corrected chi connectivity index (χ0v) is 16.9. The Kier molecular flexibility index (Phi) is 5.02. The van der Waals surface area contributed by atoms with Crippen molar-refractivity contribution >= 4 is 12.1 Å². The van der Waals surface area contributed by atoms with E-state index < -0.39 is 40.8 Å². The van der Waals surface area contributed by atoms with Gasteiger partial charge in [0.2, 0.25) is 0 Å². The van der Waals surface area contributed by atoms with Gasteiger partial charge in [0.25, 0.3) is 0 Å². The molecule has 1 N–H and O–H groups in total. The number of carboxylic acids is 1. The van der Waals surface area contributed by atoms with Crippen molar-refractivity contribution < 1.29 is 37.3 Å². The molecule has 0 heterocycles. The summed E-state index contributed by atoms with van der Waals surface area (Å²) in [5.74, 6) is -0.669. The van der Waals surface area contributed by atoms with Crippen LogP contribution >= 0.6 is 0 Å². The third-order valence-electron chi connectivity index (χ3n) is 7.30. The van der Waals surface area contributed by atoms with Crippen LogP contribution in [0.4, 0.5) is 18.0 Å². The minimum absolute atomic E-state index is 0.00695. The molecule has 4 aliphatic carbocycles. The summed E-state index contributed by atoms with van der Waals surface area (Å²) in [6, 6.07) is 2.15. The number of benzene rings is 1. The van der Waals surface area contributed by atoms with E-state index in [1.165, 1.54) is 6.42 Å². The van der Waals surface area contributed by atoms with Gasteiger partial charge < -0.3 is 14.6 Å². The minimum atomic E-state index is -4.80. The van der Waals surface area contributed by atoms with E-state index in [1.54, 1.807) is 0 Å². The molecule has 4 bridgehead atoms. The van der Waals surface area contributed by atoms with Crippen molar-refractivity contribution in [2.24, 2.45) is 29.6 Å². The molecule has 0 unspecified atom stereocenters. The predicted octanol–water partition coefficient (Wildman–Crippen LogP) is 5.77. The third kappa shape index (κ3) is 3.44. The Balaban J connectivity index is 1.61. The number of carboxylic acid groups (broad SMARTS) is 1. The number of hydrogen-bond donors (Lipinski definition) is 1. The second-order valence-electron chi connectivity index (χ2n) is 9.28. The Morgan fingerprint density at radius 3 is 2.10 bits per heavy atom. The molecule has 164 valence electrons. The Hall–Kier alpha value is -2.25. The van der Waals surface area contributed by atoms with Gasteiger partial charge in [0, 0.05) is 0 Å². The van der Waals surface area contributed by atoms with E-state index in [2.05, 4.69) is 0 Å². The van der Waals surface area contributed by atoms with Gasteiger partial charge in [-0.2, -0.15) is 13.2 Å². The number of rotatable bonds is 4. The van der Waals surface area contributed by atoms with E-state index in [-0.39, 0.29) is 17.8 Å². The number of halogens is 3. The number of carbonyl (C=O) groups excluding carboxylic acids is 1. The van der Waals surface area contributed by atoms with Gasteiger partial charge in [0.15, 0.2) is 0 Å². The molecule has 0 aliphatic heterocycles. The van der Waals surface area contributed by atoms with Crippen LogP contribution in [0.2, 0.25) is 0 Å². The minimum Gasteiger partial charge on any atom is -0.478 e. The summed E-state index contributed by atoms with van der Waals surface area (Å²) < 4.78 is 50.9. The van der Waals surface area contributed by atoms with Crippen molar-refractivity contribution in [1.82, 2.24) is 0 Å². The maximum atomic E-state index is 13.3. The number of alkyl halides is 3. The summed E-state index contributed by atoms with van der Waals surface area (Å²) in [5.41, 5.74) is -2.38. The van der Waals surface area contributed by atoms with E-state index in [4.69, 9.17) is 14.6 Å². The van der Waals surface area contributed by atoms with Crippen LogP contribution in [-0.4, -0.2) is 22.8 Å². The van der Waals surface area contributed by atoms with E-state index in [1.807, 2.05) is 13.8 Å². The summed E-state index contributed by atoms with van der Waals surface area (Å²) >= 11 is 0. The molecular formula is C22H25F3O5. The summed E-state index contributed by atoms with van der Waals surface area (Å²) in [7, 11) is 0. The average Bonchev–Trinajstić information content (AvgIpc) is 2.62. The van der Waals surface area contributed by atoms with Crippen molar-refractivity contribution in [2.45, 2.75) is 57.7 Å². The Bertz CT molecular complexity index is 833. The lowest BCUT2D eigenvalue weighted by molar-refractivity contribution is -0.201. The highest BCUT2D eigenvalue weighted by atomic mass is 19.4. The van der Waals surface area contributed by atoms with E-state index >= 15 is 0 Å². The number of ether oxygens (including phenoxy) is 2. The first-order valence-corrected chi connectivity index (χ1v) is 10.4. The molecule has 0 saturated heterocycles. The molecule has 4 fully saturated rings. The molecular weight excluding hydrogens is 401 g/mol. The number of hydrogen-bond acceptors (Lipinski definition) is 4. The highest BCUT2D eigenvalue weighted by Crippen LogP contribution is 2.61. The lowest BCUT2D eigenvalue weighted by Crippen LogP contribution is -2.62. The third-order valence-corrected chi connectivity index (χ3v) is 7.30. The first-order valence-electron chi connectivity index (χ1n) is 10.4. The first kappa shape index (κ1) is 21.0. The van der Waals surface area contributed by atoms with Gasteiger partial charge in [-0.05, 0) is 79.9 Å². The second-order valence-corrected chi connectivity index (χ2v) is 9.28. The SMILES string of the molecule is CC(C)C1(OC(=O)Oc2cc(C(=O)O)ccc2C(F)(F)F)C2CC3CC(C2)CC1C3. The maximum absolute atomic E-state index is 13.3. The molecule has 8 heteroatoms. The molecule has 0 amide bonds. The standard InChI is InChI=1S/C22H25F3O5/c1-11(2)21(15-6-12-5-13(8-15)9-16(21)7-12)30-20(28)29-18-10-14(19(26)27)3-4-17(18)22(23,24)25/h3-4,10-13,15-16H,5-9H2,1-2H3,(H,26,27). The normalized spacial score (nSPS) is 32.3. The summed E-state index contributed by atoms with van der Waals surface area (Å²) in [6.45, 7) is 3.95. The summed E-state index contributed by atoms with van der Waals surface area (Å²) in [6.07, 6.45) is -0.958. The zero-order valence-electron chi connectivity index (χ0n) is 16.9. The monoisotopic (exact) mass is 426 g/mol. The average molecular weight is 426 g/mol. The number of carbonyl (C=O) groups is 2. The molecule has 0 atom stereocenters.